The molecular formula is C29H24ClF6N3O4. The number of alkyl halides is 6. The SMILES string of the molecule is Cc1cc(-c2ccc3c(c2)C(=O)N2CCN(C(=O)COc4ccc(OC(F)(F)F)cc4Cl)C[C@H]2CN3)cc(C(F)(F)F)c1. The van der Waals surface area contributed by atoms with E-state index in [0.29, 0.717) is 34.5 Å². The van der Waals surface area contributed by atoms with Crippen molar-refractivity contribution in [1.82, 2.24) is 9.80 Å². The molecule has 1 saturated heterocycles. The minimum absolute atomic E-state index is 0.00305. The van der Waals surface area contributed by atoms with Crippen molar-refractivity contribution in [2.24, 2.45) is 0 Å². The molecule has 0 saturated carbocycles. The Morgan fingerprint density at radius 1 is 1.00 bits per heavy atom. The lowest BCUT2D eigenvalue weighted by atomic mass is 9.97. The highest BCUT2D eigenvalue weighted by molar-refractivity contribution is 6.32. The number of anilines is 1. The monoisotopic (exact) mass is 627 g/mol. The zero-order valence-corrected chi connectivity index (χ0v) is 23.2. The average molecular weight is 628 g/mol. The summed E-state index contributed by atoms with van der Waals surface area (Å²) in [5.41, 5.74) is 1.29. The number of benzene rings is 3. The van der Waals surface area contributed by atoms with E-state index in [1.165, 1.54) is 4.90 Å². The Hall–Kier alpha value is -4.13. The van der Waals surface area contributed by atoms with Gasteiger partial charge in [0.15, 0.2) is 6.61 Å². The summed E-state index contributed by atoms with van der Waals surface area (Å²) in [6, 6.07) is 11.3. The first kappa shape index (κ1) is 30.3. The fraction of sp³-hybridized carbons (Fsp3) is 0.310. The number of nitrogens with zero attached hydrogens (tertiary/aromatic N) is 2. The van der Waals surface area contributed by atoms with E-state index in [-0.39, 0.29) is 36.3 Å². The van der Waals surface area contributed by atoms with Crippen molar-refractivity contribution in [3.05, 3.63) is 76.3 Å². The number of aryl methyl sites for hydroxylation is 1. The first-order chi connectivity index (χ1) is 20.2. The summed E-state index contributed by atoms with van der Waals surface area (Å²) in [4.78, 5) is 29.6. The van der Waals surface area contributed by atoms with Crippen molar-refractivity contribution in [3.63, 3.8) is 0 Å². The summed E-state index contributed by atoms with van der Waals surface area (Å²) < 4.78 is 86.7. The second-order valence-electron chi connectivity index (χ2n) is 10.1. The Bertz CT molecular complexity index is 1560. The lowest BCUT2D eigenvalue weighted by molar-refractivity contribution is -0.274. The smallest absolute Gasteiger partial charge is 0.482 e. The van der Waals surface area contributed by atoms with E-state index in [1.807, 2.05) is 0 Å². The van der Waals surface area contributed by atoms with Gasteiger partial charge in [-0.15, -0.1) is 13.2 Å². The van der Waals surface area contributed by atoms with E-state index in [0.717, 1.165) is 30.3 Å². The number of rotatable bonds is 5. The molecule has 7 nitrogen and oxygen atoms in total. The zero-order valence-electron chi connectivity index (χ0n) is 22.5. The van der Waals surface area contributed by atoms with Crippen LogP contribution in [0.15, 0.2) is 54.6 Å². The van der Waals surface area contributed by atoms with Gasteiger partial charge in [-0.1, -0.05) is 23.7 Å². The van der Waals surface area contributed by atoms with E-state index in [1.54, 1.807) is 36.1 Å². The van der Waals surface area contributed by atoms with Gasteiger partial charge >= 0.3 is 12.5 Å². The molecule has 228 valence electrons. The van der Waals surface area contributed by atoms with Crippen LogP contribution in [0.5, 0.6) is 11.5 Å². The summed E-state index contributed by atoms with van der Waals surface area (Å²) in [6.45, 7) is 2.03. The zero-order chi connectivity index (χ0) is 31.1. The number of amides is 2. The van der Waals surface area contributed by atoms with Crippen molar-refractivity contribution in [1.29, 1.82) is 0 Å². The Balaban J connectivity index is 1.25. The predicted molar refractivity (Wildman–Crippen MR) is 145 cm³/mol. The molecule has 0 radical (unpaired) electrons. The van der Waals surface area contributed by atoms with Crippen molar-refractivity contribution in [3.8, 4) is 22.6 Å². The standard InChI is InChI=1S/C29H24ClF6N3O4/c1-16-8-18(10-19(9-16)28(31,32)33)17-2-4-24-22(11-17)27(41)39-7-6-38(14-20(39)13-37-24)26(40)15-42-25-5-3-21(12-23(25)30)43-29(34,35)36/h2-5,8-12,20,37H,6-7,13-15H2,1H3/t20-/m1/s1. The van der Waals surface area contributed by atoms with Crippen LogP contribution >= 0.6 is 11.6 Å². The average Bonchev–Trinajstić information content (AvgIpc) is 3.06. The Labute approximate surface area is 246 Å². The first-order valence-electron chi connectivity index (χ1n) is 13.0. The molecule has 1 fully saturated rings. The molecule has 2 aliphatic heterocycles. The lowest BCUT2D eigenvalue weighted by Crippen LogP contribution is -2.58. The van der Waals surface area contributed by atoms with Crippen molar-refractivity contribution < 1.29 is 45.4 Å². The summed E-state index contributed by atoms with van der Waals surface area (Å²) in [6.07, 6.45) is -9.40. The van der Waals surface area contributed by atoms with Crippen molar-refractivity contribution in [2.45, 2.75) is 25.5 Å². The van der Waals surface area contributed by atoms with Gasteiger partial charge in [0.2, 0.25) is 0 Å². The van der Waals surface area contributed by atoms with Crippen LogP contribution < -0.4 is 14.8 Å². The van der Waals surface area contributed by atoms with Gasteiger partial charge in [0, 0.05) is 37.9 Å². The van der Waals surface area contributed by atoms with E-state index < -0.39 is 42.4 Å². The van der Waals surface area contributed by atoms with Gasteiger partial charge in [-0.2, -0.15) is 13.2 Å². The van der Waals surface area contributed by atoms with Crippen LogP contribution in [0, 0.1) is 6.92 Å². The first-order valence-corrected chi connectivity index (χ1v) is 13.4. The number of carbonyl (C=O) groups is 2. The number of halogens is 7. The maximum Gasteiger partial charge on any atom is 0.573 e. The van der Waals surface area contributed by atoms with E-state index in [2.05, 4.69) is 10.1 Å². The molecule has 0 spiro atoms. The van der Waals surface area contributed by atoms with Gasteiger partial charge in [0.1, 0.15) is 11.5 Å². The fourth-order valence-corrected chi connectivity index (χ4v) is 5.33. The van der Waals surface area contributed by atoms with Crippen LogP contribution in [0.2, 0.25) is 5.02 Å². The van der Waals surface area contributed by atoms with Crippen LogP contribution in [-0.2, 0) is 11.0 Å². The number of nitrogens with one attached hydrogen (secondary N) is 1. The van der Waals surface area contributed by atoms with Crippen LogP contribution in [0.1, 0.15) is 21.5 Å². The van der Waals surface area contributed by atoms with Gasteiger partial charge in [0.05, 0.1) is 22.2 Å². The van der Waals surface area contributed by atoms with Gasteiger partial charge < -0.3 is 24.6 Å². The minimum atomic E-state index is -4.89. The summed E-state index contributed by atoms with van der Waals surface area (Å²) >= 11 is 5.98. The number of piperazine rings is 1. The number of ether oxygens (including phenoxy) is 2. The molecule has 1 atom stereocenters. The van der Waals surface area contributed by atoms with E-state index >= 15 is 0 Å². The molecule has 43 heavy (non-hydrogen) atoms. The van der Waals surface area contributed by atoms with Gasteiger partial charge in [0.25, 0.3) is 11.8 Å². The van der Waals surface area contributed by atoms with Gasteiger partial charge in [-0.25, -0.2) is 0 Å². The third kappa shape index (κ3) is 6.93. The summed E-state index contributed by atoms with van der Waals surface area (Å²) in [5.74, 6) is -1.26. The quantitative estimate of drug-likeness (QED) is 0.332. The van der Waals surface area contributed by atoms with E-state index in [9.17, 15) is 35.9 Å². The van der Waals surface area contributed by atoms with Gasteiger partial charge in [-0.05, 0) is 60.0 Å². The predicted octanol–water partition coefficient (Wildman–Crippen LogP) is 6.39. The molecule has 0 aliphatic carbocycles. The third-order valence-corrected chi connectivity index (χ3v) is 7.40. The minimum Gasteiger partial charge on any atom is -0.482 e. The van der Waals surface area contributed by atoms with Gasteiger partial charge in [-0.3, -0.25) is 9.59 Å². The number of fused-ring (bicyclic) bond motifs is 2. The molecule has 0 aromatic heterocycles. The Kier molecular flexibility index (Phi) is 8.12. The largest absolute Gasteiger partial charge is 0.573 e. The van der Waals surface area contributed by atoms with Crippen LogP contribution in [0.4, 0.5) is 32.0 Å². The molecule has 0 unspecified atom stereocenters. The third-order valence-electron chi connectivity index (χ3n) is 7.10. The molecule has 2 heterocycles. The number of carbonyl (C=O) groups excluding carboxylic acids is 2. The van der Waals surface area contributed by atoms with Crippen molar-refractivity contribution >= 4 is 29.1 Å². The molecule has 1 N–H and O–H groups in total. The highest BCUT2D eigenvalue weighted by Gasteiger charge is 2.36. The molecule has 3 aromatic rings. The maximum atomic E-state index is 13.6. The number of hydrogen-bond acceptors (Lipinski definition) is 5. The lowest BCUT2D eigenvalue weighted by Gasteiger charge is -2.40. The highest BCUT2D eigenvalue weighted by Crippen LogP contribution is 2.36. The summed E-state index contributed by atoms with van der Waals surface area (Å²) in [7, 11) is 0. The number of hydrogen-bond donors (Lipinski definition) is 1. The molecule has 5 rings (SSSR count). The molecular weight excluding hydrogens is 604 g/mol. The van der Waals surface area contributed by atoms with E-state index in [4.69, 9.17) is 16.3 Å². The normalized spacial score (nSPS) is 17.0. The second-order valence-corrected chi connectivity index (χ2v) is 10.6. The Morgan fingerprint density at radius 2 is 1.77 bits per heavy atom. The summed E-state index contributed by atoms with van der Waals surface area (Å²) in [5, 5.41) is 3.03. The molecule has 3 aromatic carbocycles. The topological polar surface area (TPSA) is 71.1 Å². The van der Waals surface area contributed by atoms with Crippen molar-refractivity contribution in [2.75, 3.05) is 38.1 Å². The highest BCUT2D eigenvalue weighted by atomic mass is 35.5. The molecule has 2 aliphatic rings. The van der Waals surface area contributed by atoms with Crippen LogP contribution in [0.25, 0.3) is 11.1 Å². The fourth-order valence-electron chi connectivity index (χ4n) is 5.10. The molecule has 2 amide bonds. The second kappa shape index (κ2) is 11.5. The molecule has 14 heteroatoms. The molecule has 0 bridgehead atoms. The maximum absolute atomic E-state index is 13.6. The Morgan fingerprint density at radius 3 is 2.47 bits per heavy atom. The van der Waals surface area contributed by atoms with Crippen LogP contribution in [0.3, 0.4) is 0 Å². The van der Waals surface area contributed by atoms with Crippen LogP contribution in [-0.4, -0.2) is 66.8 Å².